The number of nitrogens with zero attached hydrogens (tertiary/aromatic N) is 3. The summed E-state index contributed by atoms with van der Waals surface area (Å²) in [6.45, 7) is 17.9. The first kappa shape index (κ1) is 28.8. The minimum absolute atomic E-state index is 0.0290. The van der Waals surface area contributed by atoms with Crippen molar-refractivity contribution >= 4 is 29.5 Å². The summed E-state index contributed by atoms with van der Waals surface area (Å²) in [6, 6.07) is -0.588. The first-order chi connectivity index (χ1) is 17.1. The second-order valence-electron chi connectivity index (χ2n) is 11.4. The van der Waals surface area contributed by atoms with Gasteiger partial charge in [0.15, 0.2) is 0 Å². The largest absolute Gasteiger partial charge is 0.396 e. The van der Waals surface area contributed by atoms with Crippen molar-refractivity contribution in [2.45, 2.75) is 87.8 Å². The number of unbranched alkanes of at least 4 members (excludes halogenated alkanes) is 2. The maximum Gasteiger partial charge on any atom is 0.247 e. The Bertz CT molecular complexity index is 856. The van der Waals surface area contributed by atoms with E-state index < -0.39 is 28.2 Å². The van der Waals surface area contributed by atoms with Crippen LogP contribution in [0.15, 0.2) is 25.3 Å². The lowest BCUT2D eigenvalue weighted by atomic mass is 9.70. The Labute approximate surface area is 221 Å². The van der Waals surface area contributed by atoms with Gasteiger partial charge < -0.3 is 19.8 Å². The third-order valence-electron chi connectivity index (χ3n) is 7.92. The van der Waals surface area contributed by atoms with Gasteiger partial charge in [0, 0.05) is 43.6 Å². The first-order valence-corrected chi connectivity index (χ1v) is 14.4. The molecule has 3 rings (SSSR count). The summed E-state index contributed by atoms with van der Waals surface area (Å²) >= 11 is 1.72. The summed E-state index contributed by atoms with van der Waals surface area (Å²) < 4.78 is -0.577. The average Bonchev–Trinajstić information content (AvgIpc) is 3.46. The number of thioether (sulfide) groups is 1. The number of aliphatic hydroxyl groups excluding tert-OH is 1. The zero-order valence-corrected chi connectivity index (χ0v) is 23.4. The highest BCUT2D eigenvalue weighted by molar-refractivity contribution is 8.02. The quantitative estimate of drug-likeness (QED) is 0.298. The number of carbonyl (C=O) groups is 3. The van der Waals surface area contributed by atoms with Gasteiger partial charge in [-0.2, -0.15) is 0 Å². The molecule has 0 saturated carbocycles. The third kappa shape index (κ3) is 5.13. The van der Waals surface area contributed by atoms with Crippen LogP contribution in [0.5, 0.6) is 0 Å². The molecule has 0 radical (unpaired) electrons. The summed E-state index contributed by atoms with van der Waals surface area (Å²) in [7, 11) is 0. The molecule has 3 amide bonds. The SMILES string of the molecule is C=CCN(CCC)C(=O)[C@@H]1[C@H]2C(=O)N(CCCCCO)C(C(=O)N(CC=C)C(C)(C)C)C23CC[C@H]1S3. The van der Waals surface area contributed by atoms with Crippen LogP contribution >= 0.6 is 11.8 Å². The van der Waals surface area contributed by atoms with E-state index >= 15 is 0 Å². The number of rotatable bonds is 13. The number of hydrogen-bond acceptors (Lipinski definition) is 5. The van der Waals surface area contributed by atoms with Gasteiger partial charge in [0.25, 0.3) is 0 Å². The number of fused-ring (bicyclic) bond motifs is 1. The molecular weight excluding hydrogens is 474 g/mol. The molecule has 0 aromatic rings. The molecule has 3 heterocycles. The minimum atomic E-state index is -0.588. The molecule has 36 heavy (non-hydrogen) atoms. The molecule has 2 unspecified atom stereocenters. The second-order valence-corrected chi connectivity index (χ2v) is 13.0. The molecular formula is C28H45N3O4S. The van der Waals surface area contributed by atoms with Gasteiger partial charge in [-0.05, 0) is 59.3 Å². The first-order valence-electron chi connectivity index (χ1n) is 13.5. The molecule has 7 nitrogen and oxygen atoms in total. The lowest BCUT2D eigenvalue weighted by Gasteiger charge is -2.42. The Balaban J connectivity index is 2.01. The van der Waals surface area contributed by atoms with Crippen molar-refractivity contribution in [1.82, 2.24) is 14.7 Å². The van der Waals surface area contributed by atoms with Gasteiger partial charge in [-0.3, -0.25) is 14.4 Å². The lowest BCUT2D eigenvalue weighted by molar-refractivity contribution is -0.146. The van der Waals surface area contributed by atoms with Gasteiger partial charge in [0.1, 0.15) is 6.04 Å². The third-order valence-corrected chi connectivity index (χ3v) is 9.87. The van der Waals surface area contributed by atoms with E-state index in [0.717, 1.165) is 32.1 Å². The highest BCUT2D eigenvalue weighted by Crippen LogP contribution is 2.66. The Morgan fingerprint density at radius 1 is 1.17 bits per heavy atom. The van der Waals surface area contributed by atoms with Crippen molar-refractivity contribution in [3.8, 4) is 0 Å². The van der Waals surface area contributed by atoms with Crippen molar-refractivity contribution in [2.75, 3.05) is 32.8 Å². The van der Waals surface area contributed by atoms with Crippen LogP contribution in [0.2, 0.25) is 0 Å². The molecule has 3 saturated heterocycles. The fourth-order valence-corrected chi connectivity index (χ4v) is 8.63. The molecule has 0 aliphatic carbocycles. The van der Waals surface area contributed by atoms with Crippen LogP contribution in [0, 0.1) is 11.8 Å². The number of carbonyl (C=O) groups excluding carboxylic acids is 3. The van der Waals surface area contributed by atoms with E-state index in [1.54, 1.807) is 28.8 Å². The topological polar surface area (TPSA) is 81.2 Å². The van der Waals surface area contributed by atoms with Crippen LogP contribution in [-0.2, 0) is 14.4 Å². The Hall–Kier alpha value is -1.80. The Morgan fingerprint density at radius 2 is 1.86 bits per heavy atom. The average molecular weight is 520 g/mol. The standard InChI is InChI=1S/C28H45N3O4S/c1-7-15-29(16-8-2)24(33)21-20-13-14-28(36-20)22(21)25(34)30(18-11-10-12-19-32)23(28)26(35)31(17-9-3)27(4,5)6/h7,9,20-23,32H,1,3,8,10-19H2,2,4-6H3/t20-,21+,22+,23?,28?/m1/s1. The molecule has 5 atom stereocenters. The van der Waals surface area contributed by atoms with Gasteiger partial charge in [0.05, 0.1) is 16.6 Å². The predicted molar refractivity (Wildman–Crippen MR) is 145 cm³/mol. The summed E-state index contributed by atoms with van der Waals surface area (Å²) in [5.41, 5.74) is -0.427. The van der Waals surface area contributed by atoms with Crippen LogP contribution in [0.3, 0.4) is 0 Å². The van der Waals surface area contributed by atoms with Crippen LogP contribution in [0.1, 0.15) is 66.2 Å². The van der Waals surface area contributed by atoms with Crippen molar-refractivity contribution in [2.24, 2.45) is 11.8 Å². The zero-order valence-electron chi connectivity index (χ0n) is 22.6. The molecule has 202 valence electrons. The smallest absolute Gasteiger partial charge is 0.247 e. The van der Waals surface area contributed by atoms with Gasteiger partial charge >= 0.3 is 0 Å². The van der Waals surface area contributed by atoms with E-state index in [0.29, 0.717) is 32.6 Å². The van der Waals surface area contributed by atoms with Crippen molar-refractivity contribution < 1.29 is 19.5 Å². The zero-order chi connectivity index (χ0) is 26.7. The molecule has 8 heteroatoms. The number of amides is 3. The van der Waals surface area contributed by atoms with Crippen molar-refractivity contribution in [3.05, 3.63) is 25.3 Å². The summed E-state index contributed by atoms with van der Waals surface area (Å²) in [4.78, 5) is 47.7. The highest BCUT2D eigenvalue weighted by Gasteiger charge is 2.74. The van der Waals surface area contributed by atoms with E-state index in [2.05, 4.69) is 13.2 Å². The van der Waals surface area contributed by atoms with Gasteiger partial charge in [0.2, 0.25) is 17.7 Å². The van der Waals surface area contributed by atoms with Gasteiger partial charge in [-0.25, -0.2) is 0 Å². The number of hydrogen-bond donors (Lipinski definition) is 1. The molecule has 1 N–H and O–H groups in total. The van der Waals surface area contributed by atoms with Gasteiger partial charge in [-0.15, -0.1) is 24.9 Å². The van der Waals surface area contributed by atoms with Crippen molar-refractivity contribution in [1.29, 1.82) is 0 Å². The summed E-state index contributed by atoms with van der Waals surface area (Å²) in [5, 5.41) is 9.28. The molecule has 3 fully saturated rings. The molecule has 1 spiro atoms. The van der Waals surface area contributed by atoms with Crippen molar-refractivity contribution in [3.63, 3.8) is 0 Å². The van der Waals surface area contributed by atoms with Crippen LogP contribution in [-0.4, -0.2) is 91.9 Å². The van der Waals surface area contributed by atoms with Gasteiger partial charge in [-0.1, -0.05) is 19.1 Å². The second kappa shape index (κ2) is 11.7. The Morgan fingerprint density at radius 3 is 2.44 bits per heavy atom. The predicted octanol–water partition coefficient (Wildman–Crippen LogP) is 3.48. The van der Waals surface area contributed by atoms with Crippen LogP contribution in [0.4, 0.5) is 0 Å². The van der Waals surface area contributed by atoms with E-state index in [1.165, 1.54) is 0 Å². The fourth-order valence-electron chi connectivity index (χ4n) is 6.42. The number of likely N-dealkylation sites (tertiary alicyclic amines) is 1. The van der Waals surface area contributed by atoms with E-state index in [1.807, 2.05) is 37.5 Å². The highest BCUT2D eigenvalue weighted by atomic mass is 32.2. The normalized spacial score (nSPS) is 28.8. The lowest BCUT2D eigenvalue weighted by Crippen LogP contribution is -2.58. The maximum absolute atomic E-state index is 14.3. The monoisotopic (exact) mass is 519 g/mol. The molecule has 0 aromatic heterocycles. The molecule has 3 aliphatic rings. The van der Waals surface area contributed by atoms with E-state index in [9.17, 15) is 19.5 Å². The van der Waals surface area contributed by atoms with E-state index in [-0.39, 0.29) is 29.6 Å². The minimum Gasteiger partial charge on any atom is -0.396 e. The summed E-state index contributed by atoms with van der Waals surface area (Å²) in [5.74, 6) is -0.939. The molecule has 2 bridgehead atoms. The summed E-state index contributed by atoms with van der Waals surface area (Å²) in [6.07, 6.45) is 8.13. The Kier molecular flexibility index (Phi) is 9.36. The van der Waals surface area contributed by atoms with Crippen LogP contribution < -0.4 is 0 Å². The molecule has 3 aliphatic heterocycles. The van der Waals surface area contributed by atoms with E-state index in [4.69, 9.17) is 0 Å². The van der Waals surface area contributed by atoms with Crippen LogP contribution in [0.25, 0.3) is 0 Å². The maximum atomic E-state index is 14.3. The molecule has 0 aromatic carbocycles. The number of aliphatic hydroxyl groups is 1. The fraction of sp³-hybridized carbons (Fsp3) is 0.750.